The molecule has 37 heavy (non-hydrogen) atoms. The average Bonchev–Trinajstić information content (AvgIpc) is 3.30. The van der Waals surface area contributed by atoms with Crippen molar-refractivity contribution >= 4 is 34.7 Å². The van der Waals surface area contributed by atoms with Gasteiger partial charge in [-0.1, -0.05) is 43.0 Å². The Bertz CT molecular complexity index is 1410. The zero-order valence-electron chi connectivity index (χ0n) is 20.8. The van der Waals surface area contributed by atoms with Gasteiger partial charge in [0, 0.05) is 16.9 Å². The lowest BCUT2D eigenvalue weighted by atomic mass is 10.1. The smallest absolute Gasteiger partial charge is 0.271 e. The van der Waals surface area contributed by atoms with E-state index in [9.17, 15) is 4.79 Å². The summed E-state index contributed by atoms with van der Waals surface area (Å²) in [4.78, 5) is 12.7. The lowest BCUT2D eigenvalue weighted by Gasteiger charge is -2.13. The average molecular weight is 605 g/mol. The Labute approximate surface area is 230 Å². The molecule has 4 rings (SSSR count). The summed E-state index contributed by atoms with van der Waals surface area (Å²) in [5.74, 6) is 0.993. The Morgan fingerprint density at radius 1 is 1.05 bits per heavy atom. The minimum absolute atomic E-state index is 0.291. The summed E-state index contributed by atoms with van der Waals surface area (Å²) in [7, 11) is 0. The molecule has 0 saturated carbocycles. The van der Waals surface area contributed by atoms with Crippen LogP contribution in [0.2, 0.25) is 0 Å². The van der Waals surface area contributed by atoms with Crippen LogP contribution in [-0.2, 0) is 0 Å². The SMILES string of the molecule is C=CCOc1c(I)cc(/C=N/NC(=O)c2ccc(-n3c(C)ccc3-c3ccccc3)cc2)cc1OCC. The van der Waals surface area contributed by atoms with Crippen molar-refractivity contribution in [2.75, 3.05) is 13.2 Å². The fourth-order valence-electron chi connectivity index (χ4n) is 3.92. The highest BCUT2D eigenvalue weighted by molar-refractivity contribution is 14.1. The van der Waals surface area contributed by atoms with E-state index < -0.39 is 0 Å². The number of aryl methyl sites for hydroxylation is 1. The number of benzene rings is 3. The number of rotatable bonds is 10. The highest BCUT2D eigenvalue weighted by atomic mass is 127. The van der Waals surface area contributed by atoms with Crippen LogP contribution in [0.4, 0.5) is 0 Å². The Morgan fingerprint density at radius 2 is 1.81 bits per heavy atom. The number of nitrogens with one attached hydrogen (secondary N) is 1. The van der Waals surface area contributed by atoms with Crippen LogP contribution >= 0.6 is 22.6 Å². The molecule has 1 N–H and O–H groups in total. The van der Waals surface area contributed by atoms with Crippen molar-refractivity contribution in [1.29, 1.82) is 0 Å². The molecule has 1 amide bonds. The maximum Gasteiger partial charge on any atom is 0.271 e. The number of ether oxygens (including phenoxy) is 2. The molecule has 0 bridgehead atoms. The minimum atomic E-state index is -0.291. The molecule has 6 nitrogen and oxygen atoms in total. The predicted molar refractivity (Wildman–Crippen MR) is 157 cm³/mol. The van der Waals surface area contributed by atoms with Gasteiger partial charge >= 0.3 is 0 Å². The fraction of sp³-hybridized carbons (Fsp3) is 0.133. The molecule has 0 fully saturated rings. The number of hydrogen-bond acceptors (Lipinski definition) is 4. The van der Waals surface area contributed by atoms with Crippen LogP contribution in [0.5, 0.6) is 11.5 Å². The lowest BCUT2D eigenvalue weighted by Crippen LogP contribution is -2.17. The second kappa shape index (κ2) is 12.4. The Hall–Kier alpha value is -3.85. The van der Waals surface area contributed by atoms with E-state index in [1.54, 1.807) is 24.4 Å². The lowest BCUT2D eigenvalue weighted by molar-refractivity contribution is 0.0955. The van der Waals surface area contributed by atoms with Gasteiger partial charge in [-0.3, -0.25) is 4.79 Å². The fourth-order valence-corrected chi connectivity index (χ4v) is 4.70. The first-order chi connectivity index (χ1) is 18.0. The number of hydrogen-bond donors (Lipinski definition) is 1. The molecule has 188 valence electrons. The monoisotopic (exact) mass is 605 g/mol. The van der Waals surface area contributed by atoms with E-state index in [1.807, 2.05) is 49.4 Å². The van der Waals surface area contributed by atoms with Crippen LogP contribution in [0.15, 0.2) is 96.6 Å². The Balaban J connectivity index is 1.47. The zero-order valence-corrected chi connectivity index (χ0v) is 22.9. The number of amides is 1. The molecule has 1 aromatic heterocycles. The van der Waals surface area contributed by atoms with Crippen molar-refractivity contribution in [3.63, 3.8) is 0 Å². The largest absolute Gasteiger partial charge is 0.490 e. The summed E-state index contributed by atoms with van der Waals surface area (Å²) in [5, 5.41) is 4.15. The van der Waals surface area contributed by atoms with Crippen LogP contribution in [-0.4, -0.2) is 29.9 Å². The summed E-state index contributed by atoms with van der Waals surface area (Å²) < 4.78 is 14.5. The molecule has 0 spiro atoms. The van der Waals surface area contributed by atoms with Gasteiger partial charge in [-0.15, -0.1) is 0 Å². The third-order valence-corrected chi connectivity index (χ3v) is 6.39. The summed E-state index contributed by atoms with van der Waals surface area (Å²) in [6.45, 7) is 8.56. The van der Waals surface area contributed by atoms with Crippen LogP contribution in [0.3, 0.4) is 0 Å². The number of aromatic nitrogens is 1. The number of nitrogens with zero attached hydrogens (tertiary/aromatic N) is 2. The second-order valence-electron chi connectivity index (χ2n) is 8.17. The van der Waals surface area contributed by atoms with Crippen LogP contribution in [0.25, 0.3) is 16.9 Å². The van der Waals surface area contributed by atoms with Gasteiger partial charge in [0.25, 0.3) is 5.91 Å². The van der Waals surface area contributed by atoms with Crippen molar-refractivity contribution in [3.05, 3.63) is 112 Å². The molecule has 3 aromatic carbocycles. The quantitative estimate of drug-likeness (QED) is 0.0938. The molecule has 0 atom stereocenters. The second-order valence-corrected chi connectivity index (χ2v) is 9.33. The van der Waals surface area contributed by atoms with Gasteiger partial charge in [0.1, 0.15) is 6.61 Å². The molecule has 1 heterocycles. The highest BCUT2D eigenvalue weighted by Crippen LogP contribution is 2.34. The Morgan fingerprint density at radius 3 is 2.51 bits per heavy atom. The van der Waals surface area contributed by atoms with Gasteiger partial charge in [-0.05, 0) is 96.1 Å². The summed E-state index contributed by atoms with van der Waals surface area (Å²) in [6.07, 6.45) is 3.27. The van der Waals surface area contributed by atoms with Gasteiger partial charge in [-0.2, -0.15) is 5.10 Å². The van der Waals surface area contributed by atoms with Gasteiger partial charge in [0.05, 0.1) is 22.1 Å². The van der Waals surface area contributed by atoms with Crippen LogP contribution in [0, 0.1) is 10.5 Å². The van der Waals surface area contributed by atoms with Crippen LogP contribution < -0.4 is 14.9 Å². The van der Waals surface area contributed by atoms with E-state index in [0.717, 1.165) is 31.8 Å². The number of carbonyl (C=O) groups excluding carboxylic acids is 1. The summed E-state index contributed by atoms with van der Waals surface area (Å²) >= 11 is 2.19. The number of hydrazone groups is 1. The van der Waals surface area contributed by atoms with Crippen molar-refractivity contribution in [3.8, 4) is 28.4 Å². The predicted octanol–water partition coefficient (Wildman–Crippen LogP) is 6.78. The van der Waals surface area contributed by atoms with E-state index in [0.29, 0.717) is 30.3 Å². The number of carbonyl (C=O) groups is 1. The van der Waals surface area contributed by atoms with Gasteiger partial charge in [-0.25, -0.2) is 5.43 Å². The van der Waals surface area contributed by atoms with E-state index in [-0.39, 0.29) is 5.91 Å². The Kier molecular flexibility index (Phi) is 8.79. The van der Waals surface area contributed by atoms with E-state index >= 15 is 0 Å². The zero-order chi connectivity index (χ0) is 26.2. The maximum absolute atomic E-state index is 12.7. The highest BCUT2D eigenvalue weighted by Gasteiger charge is 2.13. The maximum atomic E-state index is 12.7. The normalized spacial score (nSPS) is 10.9. The first kappa shape index (κ1) is 26.2. The van der Waals surface area contributed by atoms with Gasteiger partial charge < -0.3 is 14.0 Å². The van der Waals surface area contributed by atoms with Crippen molar-refractivity contribution in [2.45, 2.75) is 13.8 Å². The van der Waals surface area contributed by atoms with Gasteiger partial charge in [0.2, 0.25) is 0 Å². The van der Waals surface area contributed by atoms with Crippen molar-refractivity contribution < 1.29 is 14.3 Å². The third kappa shape index (κ3) is 6.29. The standard InChI is InChI=1S/C30H28IN3O3/c1-4-17-37-29-26(31)18-22(19-28(29)36-5-2)20-32-33-30(35)24-12-14-25(15-13-24)34-21(3)11-16-27(34)23-9-7-6-8-10-23/h4,6-16,18-20H,1,5,17H2,2-3H3,(H,33,35)/b32-20+. The third-order valence-electron chi connectivity index (χ3n) is 5.59. The first-order valence-corrected chi connectivity index (χ1v) is 13.0. The molecule has 4 aromatic rings. The molecule has 7 heteroatoms. The van der Waals surface area contributed by atoms with Crippen molar-refractivity contribution in [1.82, 2.24) is 9.99 Å². The molecule has 0 saturated heterocycles. The molecular weight excluding hydrogens is 577 g/mol. The van der Waals surface area contributed by atoms with E-state index in [4.69, 9.17) is 9.47 Å². The van der Waals surface area contributed by atoms with Crippen LogP contribution in [0.1, 0.15) is 28.5 Å². The first-order valence-electron chi connectivity index (χ1n) is 11.9. The molecular formula is C30H28IN3O3. The van der Waals surface area contributed by atoms with E-state index in [2.05, 4.69) is 75.5 Å². The molecule has 0 aliphatic carbocycles. The topological polar surface area (TPSA) is 64.8 Å². The molecule has 0 aliphatic heterocycles. The summed E-state index contributed by atoms with van der Waals surface area (Å²) in [5.41, 5.74) is 8.24. The summed E-state index contributed by atoms with van der Waals surface area (Å²) in [6, 6.07) is 25.7. The van der Waals surface area contributed by atoms with E-state index in [1.165, 1.54) is 0 Å². The molecule has 0 radical (unpaired) electrons. The molecule has 0 aliphatic rings. The molecule has 0 unspecified atom stereocenters. The van der Waals surface area contributed by atoms with Gasteiger partial charge in [0.15, 0.2) is 11.5 Å². The number of halogens is 1. The minimum Gasteiger partial charge on any atom is -0.490 e. The van der Waals surface area contributed by atoms with Crippen molar-refractivity contribution in [2.24, 2.45) is 5.10 Å².